The van der Waals surface area contributed by atoms with E-state index in [2.05, 4.69) is 16.6 Å². The van der Waals surface area contributed by atoms with Gasteiger partial charge in [-0.25, -0.2) is 13.1 Å². The predicted molar refractivity (Wildman–Crippen MR) is 234 cm³/mol. The van der Waals surface area contributed by atoms with Crippen LogP contribution >= 0.6 is 0 Å². The van der Waals surface area contributed by atoms with Gasteiger partial charge >= 0.3 is 0 Å². The van der Waals surface area contributed by atoms with Crippen molar-refractivity contribution in [3.63, 3.8) is 0 Å². The monoisotopic (exact) mass is 909 g/mol. The van der Waals surface area contributed by atoms with Crippen LogP contribution in [-0.2, 0) is 47.4 Å². The molecule has 2 N–H and O–H groups in total. The Morgan fingerprint density at radius 1 is 0.462 bits per heavy atom. The van der Waals surface area contributed by atoms with Gasteiger partial charge in [-0.2, -0.15) is 0 Å². The first kappa shape index (κ1) is 45.9. The zero-order valence-electron chi connectivity index (χ0n) is 38.8. The second-order valence-electron chi connectivity index (χ2n) is 22.5. The summed E-state index contributed by atoms with van der Waals surface area (Å²) in [5.41, 5.74) is -0.706. The Morgan fingerprint density at radius 3 is 1.31 bits per heavy atom. The fourth-order valence-electron chi connectivity index (χ4n) is 15.2. The van der Waals surface area contributed by atoms with Gasteiger partial charge in [-0.3, -0.25) is 0 Å². The fourth-order valence-corrected chi connectivity index (χ4v) is 15.2. The van der Waals surface area contributed by atoms with E-state index in [1.54, 1.807) is 0 Å². The summed E-state index contributed by atoms with van der Waals surface area (Å²) in [5.74, 6) is -0.642. The van der Waals surface area contributed by atoms with E-state index < -0.39 is 17.8 Å². The molecule has 13 aliphatic rings. The van der Waals surface area contributed by atoms with Crippen LogP contribution in [0.2, 0.25) is 0 Å². The molecule has 5 spiro atoms. The molecule has 6 bridgehead atoms. The van der Waals surface area contributed by atoms with Crippen molar-refractivity contribution in [3.05, 3.63) is 22.8 Å². The molecule has 14 heteroatoms. The Morgan fingerprint density at radius 2 is 0.862 bits per heavy atom. The highest BCUT2D eigenvalue weighted by atomic mass is 16.8. The first-order valence-electron chi connectivity index (χ1n) is 26.3. The molecule has 8 heterocycles. The molecule has 0 aromatic rings. The Balaban J connectivity index is 0.000000109. The molecule has 13 rings (SSSR count). The van der Waals surface area contributed by atoms with Crippen molar-refractivity contribution in [2.24, 2.45) is 0 Å². The zero-order chi connectivity index (χ0) is 44.4. The van der Waals surface area contributed by atoms with E-state index in [9.17, 15) is 10.2 Å². The Kier molecular flexibility index (Phi) is 13.0. The summed E-state index contributed by atoms with van der Waals surface area (Å²) in [7, 11) is 0. The third-order valence-corrected chi connectivity index (χ3v) is 18.2. The van der Waals surface area contributed by atoms with E-state index in [0.717, 1.165) is 103 Å². The molecule has 65 heavy (non-hydrogen) atoms. The van der Waals surface area contributed by atoms with E-state index in [-0.39, 0.29) is 96.0 Å². The minimum absolute atomic E-state index is 0.00140. The van der Waals surface area contributed by atoms with Crippen molar-refractivity contribution >= 4 is 0 Å². The summed E-state index contributed by atoms with van der Waals surface area (Å²) in [4.78, 5) is 6.87. The molecule has 8 saturated heterocycles. The molecule has 18 atom stereocenters. The highest BCUT2D eigenvalue weighted by Gasteiger charge is 2.67. The molecule has 0 aromatic heterocycles. The maximum absolute atomic E-state index is 9.90. The van der Waals surface area contributed by atoms with Crippen molar-refractivity contribution in [1.82, 2.24) is 0 Å². The molecule has 362 valence electrons. The van der Waals surface area contributed by atoms with Gasteiger partial charge in [0, 0.05) is 77.0 Å². The summed E-state index contributed by atoms with van der Waals surface area (Å²) in [6, 6.07) is 0. The van der Waals surface area contributed by atoms with Crippen molar-refractivity contribution in [2.45, 2.75) is 294 Å². The van der Waals surface area contributed by atoms with Crippen molar-refractivity contribution in [3.8, 4) is 0 Å². The van der Waals surface area contributed by atoms with E-state index in [4.69, 9.17) is 60.5 Å². The average molecular weight is 909 g/mol. The Hall–Kier alpha value is -1.50. The minimum Gasteiger partial charge on any atom is -0.390 e. The van der Waals surface area contributed by atoms with Crippen molar-refractivity contribution in [2.75, 3.05) is 13.1 Å². The first-order valence-corrected chi connectivity index (χ1v) is 26.3. The molecule has 0 aromatic carbocycles. The minimum atomic E-state index is -0.786. The van der Waals surface area contributed by atoms with E-state index in [1.165, 1.54) is 51.4 Å². The van der Waals surface area contributed by atoms with Gasteiger partial charge in [0.15, 0.2) is 11.6 Å². The zero-order valence-corrected chi connectivity index (χ0v) is 38.8. The molecule has 5 saturated carbocycles. The van der Waals surface area contributed by atoms with Crippen LogP contribution in [0, 0.1) is 13.1 Å². The maximum atomic E-state index is 9.90. The Bertz CT molecular complexity index is 1760. The van der Waals surface area contributed by atoms with Gasteiger partial charge in [-0.15, -0.1) is 0 Å². The van der Waals surface area contributed by atoms with E-state index in [1.807, 2.05) is 0 Å². The molecule has 0 radical (unpaired) electrons. The van der Waals surface area contributed by atoms with Crippen LogP contribution in [0.25, 0.3) is 9.69 Å². The van der Waals surface area contributed by atoms with Gasteiger partial charge in [0.05, 0.1) is 90.1 Å². The molecule has 13 fully saturated rings. The summed E-state index contributed by atoms with van der Waals surface area (Å²) < 4.78 is 64.0. The summed E-state index contributed by atoms with van der Waals surface area (Å²) in [5, 5.41) is 19.7. The lowest BCUT2D eigenvalue weighted by Gasteiger charge is -2.44. The van der Waals surface area contributed by atoms with Crippen LogP contribution in [0.3, 0.4) is 0 Å². The summed E-state index contributed by atoms with van der Waals surface area (Å²) in [6.45, 7) is 17.2. The van der Waals surface area contributed by atoms with Crippen LogP contribution < -0.4 is 0 Å². The first-order chi connectivity index (χ1) is 31.6. The van der Waals surface area contributed by atoms with E-state index >= 15 is 0 Å². The lowest BCUT2D eigenvalue weighted by Crippen LogP contribution is -2.54. The molecule has 3 unspecified atom stereocenters. The lowest BCUT2D eigenvalue weighted by molar-refractivity contribution is -0.216. The Labute approximate surface area is 386 Å². The second-order valence-corrected chi connectivity index (χ2v) is 22.5. The van der Waals surface area contributed by atoms with Crippen LogP contribution in [0.4, 0.5) is 0 Å². The molecule has 5 aliphatic carbocycles. The van der Waals surface area contributed by atoms with Gasteiger partial charge in [0.2, 0.25) is 13.1 Å². The SMILES string of the molecule is CCC[C@H]1CC[C@@H]2O[C@@H]3C[C@]2(C[C@H]2OC4(CCCCC4)OC32)O1.[C-]#[N+]CC[C@H]1CC[C@@H]2O[C@@H]3C[C@]2(C[C@@H](O)C3O)O1.[C-]#[N+]CC[C@H]1CC[C@@H]2O[C@@H]3C[C@]2(C[C@H]2OC4(CCCCC4)OC32)O1. The molecular formula is C51H76N2O12. The molecule has 14 nitrogen and oxygen atoms in total. The second kappa shape index (κ2) is 18.4. The predicted octanol–water partition coefficient (Wildman–Crippen LogP) is 7.43. The van der Waals surface area contributed by atoms with Gasteiger partial charge < -0.3 is 67.3 Å². The highest BCUT2D eigenvalue weighted by Crippen LogP contribution is 2.57. The molecule has 0 amide bonds. The maximum Gasteiger partial charge on any atom is 0.217 e. The standard InChI is InChI=1S/C19H27NO4.C19H30O4.C13H19NO4/c1-20-10-7-13-5-6-16-18(22-13)11-14(21-16)17-15(12-18)23-19(24-17)8-3-2-4-9-19;1-2-6-13-7-8-16-18(21-13)11-14(20-16)17-15(12-18)22-19(23-17)9-4-3-5-10-19;1-14-5-4-8-2-3-11-13(18-8)6-9(15)12(16)10(7-13)17-11/h13-17H,2-12H2;13-17H,2-12H2,1H3;8-12,15-16H,2-7H2/t13-,14-,15-,16+,17?,18-;13-,14+,15+,16-,17?,18+;8-,9-,10-,11+,12?,13+/m101/s1. The van der Waals surface area contributed by atoms with Crippen LogP contribution in [0.1, 0.15) is 174 Å². The van der Waals surface area contributed by atoms with Gasteiger partial charge in [-0.1, -0.05) is 26.2 Å². The topological polar surface area (TPSA) is 141 Å². The quantitative estimate of drug-likeness (QED) is 0.256. The van der Waals surface area contributed by atoms with Crippen LogP contribution in [0.5, 0.6) is 0 Å². The van der Waals surface area contributed by atoms with Gasteiger partial charge in [0.1, 0.15) is 18.3 Å². The third-order valence-electron chi connectivity index (χ3n) is 18.2. The third kappa shape index (κ3) is 8.56. The normalized spacial score (nSPS) is 50.0. The van der Waals surface area contributed by atoms with Crippen LogP contribution in [0.15, 0.2) is 0 Å². The smallest absolute Gasteiger partial charge is 0.217 e. The largest absolute Gasteiger partial charge is 0.390 e. The number of aliphatic hydroxyl groups excluding tert-OH is 2. The lowest BCUT2D eigenvalue weighted by atomic mass is 9.76. The number of aliphatic hydroxyl groups is 2. The fraction of sp³-hybridized carbons (Fsp3) is 0.961. The van der Waals surface area contributed by atoms with Crippen molar-refractivity contribution in [1.29, 1.82) is 0 Å². The number of fused-ring (bicyclic) bond motifs is 7. The average Bonchev–Trinajstić information content (AvgIpc) is 4.09. The highest BCUT2D eigenvalue weighted by molar-refractivity contribution is 5.14. The number of nitrogens with zero attached hydrogens (tertiary/aromatic N) is 2. The van der Waals surface area contributed by atoms with Gasteiger partial charge in [-0.05, 0) is 70.6 Å². The number of ether oxygens (including phenoxy) is 10. The van der Waals surface area contributed by atoms with Crippen molar-refractivity contribution < 1.29 is 57.6 Å². The summed E-state index contributed by atoms with van der Waals surface area (Å²) >= 11 is 0. The number of rotatable bonds is 6. The number of hydrogen-bond donors (Lipinski definition) is 2. The van der Waals surface area contributed by atoms with Gasteiger partial charge in [0.25, 0.3) is 0 Å². The summed E-state index contributed by atoms with van der Waals surface area (Å²) in [6.07, 6.45) is 26.9. The van der Waals surface area contributed by atoms with E-state index in [0.29, 0.717) is 32.0 Å². The van der Waals surface area contributed by atoms with Crippen LogP contribution in [-0.4, -0.2) is 143 Å². The number of hydrogen-bond acceptors (Lipinski definition) is 12. The molecule has 8 aliphatic heterocycles. The molecular weight excluding hydrogens is 833 g/mol.